The average molecular weight is 326 g/mol. The molecule has 0 amide bonds. The maximum atomic E-state index is 12.3. The smallest absolute Gasteiger partial charge is 0.282 e. The molecule has 2 N–H and O–H groups in total. The van der Waals surface area contributed by atoms with E-state index in [0.717, 1.165) is 15.8 Å². The Labute approximate surface area is 137 Å². The number of aromatic nitrogens is 3. The van der Waals surface area contributed by atoms with Crippen LogP contribution in [0.1, 0.15) is 25.0 Å². The second kappa shape index (κ2) is 5.96. The lowest BCUT2D eigenvalue weighted by Crippen LogP contribution is -2.47. The summed E-state index contributed by atoms with van der Waals surface area (Å²) in [6, 6.07) is 7.81. The molecule has 2 heterocycles. The number of nitrogens with one attached hydrogen (secondary N) is 2. The molecule has 23 heavy (non-hydrogen) atoms. The van der Waals surface area contributed by atoms with E-state index in [9.17, 15) is 4.79 Å². The van der Waals surface area contributed by atoms with E-state index in [4.69, 9.17) is 5.41 Å². The van der Waals surface area contributed by atoms with Crippen molar-refractivity contribution in [1.82, 2.24) is 14.8 Å². The fraction of sp³-hybridized carbons (Fsp3) is 0.235. The van der Waals surface area contributed by atoms with Gasteiger partial charge in [0, 0.05) is 0 Å². The summed E-state index contributed by atoms with van der Waals surface area (Å²) in [6.45, 7) is 6.16. The van der Waals surface area contributed by atoms with Gasteiger partial charge in [-0.05, 0) is 30.6 Å². The number of hydrogen-bond acceptors (Lipinski definition) is 4. The van der Waals surface area contributed by atoms with Crippen molar-refractivity contribution in [3.05, 3.63) is 61.1 Å². The van der Waals surface area contributed by atoms with Gasteiger partial charge in [0.25, 0.3) is 5.56 Å². The standard InChI is InChI=1S/C17H18N4OS/c1-10(2)8-14-20-21-15(18)13(16(22)19-17(21)23-14)9-12-6-4-11(3)5-7-12/h4-10,18,20H,1-3H3. The molecule has 0 saturated heterocycles. The maximum absolute atomic E-state index is 12.3. The lowest BCUT2D eigenvalue weighted by molar-refractivity contribution is 0.747. The van der Waals surface area contributed by atoms with E-state index >= 15 is 0 Å². The fourth-order valence-corrected chi connectivity index (χ4v) is 3.28. The molecule has 2 aliphatic heterocycles. The molecular formula is C17H18N4OS. The first-order valence-corrected chi connectivity index (χ1v) is 8.22. The Bertz CT molecular complexity index is 1040. The zero-order valence-electron chi connectivity index (χ0n) is 13.3. The van der Waals surface area contributed by atoms with Crippen molar-refractivity contribution in [3.8, 4) is 5.13 Å². The van der Waals surface area contributed by atoms with Crippen molar-refractivity contribution in [1.29, 1.82) is 5.41 Å². The molecule has 0 aromatic heterocycles. The third-order valence-corrected chi connectivity index (χ3v) is 4.30. The summed E-state index contributed by atoms with van der Waals surface area (Å²) in [5.74, 6) is 0.374. The van der Waals surface area contributed by atoms with Crippen LogP contribution in [0.5, 0.6) is 0 Å². The van der Waals surface area contributed by atoms with Gasteiger partial charge < -0.3 is 0 Å². The molecule has 0 saturated carbocycles. The van der Waals surface area contributed by atoms with Gasteiger partial charge in [-0.25, -0.2) is 4.68 Å². The number of aromatic amines is 1. The van der Waals surface area contributed by atoms with Crippen molar-refractivity contribution in [2.75, 3.05) is 0 Å². The quantitative estimate of drug-likeness (QED) is 0.740. The van der Waals surface area contributed by atoms with E-state index in [0.29, 0.717) is 11.0 Å². The summed E-state index contributed by atoms with van der Waals surface area (Å²) in [6.07, 6.45) is 3.76. The highest BCUT2D eigenvalue weighted by Crippen LogP contribution is 2.04. The van der Waals surface area contributed by atoms with Crippen LogP contribution in [0, 0.1) is 18.3 Å². The summed E-state index contributed by atoms with van der Waals surface area (Å²) in [5, 5.41) is 12.2. The SMILES string of the molecule is Cc1ccc(C=c2c(=O)nc3sc(=CC(C)C)[nH]n-3c2=N)cc1. The zero-order valence-corrected chi connectivity index (χ0v) is 14.1. The zero-order chi connectivity index (χ0) is 16.6. The van der Waals surface area contributed by atoms with E-state index in [2.05, 4.69) is 23.9 Å². The Morgan fingerprint density at radius 2 is 2.00 bits per heavy atom. The second-order valence-corrected chi connectivity index (χ2v) is 6.85. The summed E-state index contributed by atoms with van der Waals surface area (Å²) < 4.78 is 2.45. The number of rotatable bonds is 2. The Balaban J connectivity index is 2.27. The Morgan fingerprint density at radius 3 is 2.65 bits per heavy atom. The number of fused-ring (bicyclic) bond motifs is 1. The summed E-state index contributed by atoms with van der Waals surface area (Å²) in [4.78, 5) is 16.4. The van der Waals surface area contributed by atoms with Crippen molar-refractivity contribution in [2.45, 2.75) is 20.8 Å². The topological polar surface area (TPSA) is 74.5 Å². The van der Waals surface area contributed by atoms with Crippen LogP contribution in [0.4, 0.5) is 0 Å². The van der Waals surface area contributed by atoms with Gasteiger partial charge in [0.15, 0.2) is 5.49 Å². The number of hydrogen-bond donors (Lipinski definition) is 2. The largest absolute Gasteiger partial charge is 0.283 e. The highest BCUT2D eigenvalue weighted by molar-refractivity contribution is 7.11. The minimum absolute atomic E-state index is 0.125. The Morgan fingerprint density at radius 1 is 1.30 bits per heavy atom. The first-order chi connectivity index (χ1) is 10.9. The fourth-order valence-electron chi connectivity index (χ4n) is 2.25. The minimum Gasteiger partial charge on any atom is -0.282 e. The Hall–Kier alpha value is -2.47. The highest BCUT2D eigenvalue weighted by atomic mass is 32.1. The molecule has 0 fully saturated rings. The third-order valence-electron chi connectivity index (χ3n) is 3.39. The third kappa shape index (κ3) is 3.17. The molecule has 2 aliphatic rings. The van der Waals surface area contributed by atoms with Crippen molar-refractivity contribution < 1.29 is 0 Å². The maximum Gasteiger partial charge on any atom is 0.283 e. The van der Waals surface area contributed by atoms with Gasteiger partial charge in [-0.3, -0.25) is 15.3 Å². The van der Waals surface area contributed by atoms with Gasteiger partial charge in [0.1, 0.15) is 4.66 Å². The van der Waals surface area contributed by atoms with Gasteiger partial charge in [-0.15, -0.1) is 0 Å². The van der Waals surface area contributed by atoms with Crippen LogP contribution in [0.25, 0.3) is 17.3 Å². The van der Waals surface area contributed by atoms with E-state index < -0.39 is 0 Å². The van der Waals surface area contributed by atoms with Gasteiger partial charge in [0.2, 0.25) is 5.13 Å². The van der Waals surface area contributed by atoms with E-state index in [-0.39, 0.29) is 16.3 Å². The first-order valence-electron chi connectivity index (χ1n) is 7.41. The van der Waals surface area contributed by atoms with Crippen LogP contribution in [0.15, 0.2) is 29.1 Å². The second-order valence-electron chi connectivity index (χ2n) is 5.84. The molecule has 5 nitrogen and oxygen atoms in total. The summed E-state index contributed by atoms with van der Waals surface area (Å²) >= 11 is 1.38. The molecule has 3 rings (SSSR count). The lowest BCUT2D eigenvalue weighted by atomic mass is 10.1. The molecule has 0 spiro atoms. The molecule has 0 aliphatic carbocycles. The van der Waals surface area contributed by atoms with Crippen molar-refractivity contribution in [3.63, 3.8) is 0 Å². The highest BCUT2D eigenvalue weighted by Gasteiger charge is 2.10. The van der Waals surface area contributed by atoms with E-state index in [1.807, 2.05) is 37.3 Å². The van der Waals surface area contributed by atoms with Crippen LogP contribution in [-0.2, 0) is 0 Å². The summed E-state index contributed by atoms with van der Waals surface area (Å²) in [7, 11) is 0. The van der Waals surface area contributed by atoms with Crippen LogP contribution >= 0.6 is 11.3 Å². The van der Waals surface area contributed by atoms with Gasteiger partial charge in [-0.2, -0.15) is 4.98 Å². The molecule has 0 unspecified atom stereocenters. The number of aryl methyl sites for hydroxylation is 1. The number of H-pyrrole nitrogens is 1. The average Bonchev–Trinajstić information content (AvgIpc) is 2.87. The molecule has 0 bridgehead atoms. The van der Waals surface area contributed by atoms with Crippen LogP contribution in [0.2, 0.25) is 0 Å². The summed E-state index contributed by atoms with van der Waals surface area (Å²) in [5.41, 5.74) is 1.79. The predicted octanol–water partition coefficient (Wildman–Crippen LogP) is 1.11. The van der Waals surface area contributed by atoms with Gasteiger partial charge >= 0.3 is 0 Å². The van der Waals surface area contributed by atoms with Crippen LogP contribution in [-0.4, -0.2) is 14.8 Å². The molecule has 1 aromatic rings. The van der Waals surface area contributed by atoms with E-state index in [1.54, 1.807) is 10.8 Å². The lowest BCUT2D eigenvalue weighted by Gasteiger charge is -2.00. The van der Waals surface area contributed by atoms with Crippen LogP contribution in [0.3, 0.4) is 0 Å². The van der Waals surface area contributed by atoms with Gasteiger partial charge in [-0.1, -0.05) is 55.0 Å². The molecule has 118 valence electrons. The van der Waals surface area contributed by atoms with Crippen LogP contribution < -0.4 is 20.9 Å². The minimum atomic E-state index is -0.373. The predicted molar refractivity (Wildman–Crippen MR) is 92.4 cm³/mol. The van der Waals surface area contributed by atoms with Crippen molar-refractivity contribution in [2.24, 2.45) is 5.92 Å². The number of benzene rings is 1. The van der Waals surface area contributed by atoms with Gasteiger partial charge in [0.05, 0.1) is 5.22 Å². The van der Waals surface area contributed by atoms with Crippen molar-refractivity contribution >= 4 is 23.5 Å². The first kappa shape index (κ1) is 15.4. The Kier molecular flexibility index (Phi) is 4.00. The monoisotopic (exact) mass is 326 g/mol. The molecule has 0 radical (unpaired) electrons. The molecule has 0 atom stereocenters. The molecular weight excluding hydrogens is 308 g/mol. The normalized spacial score (nSPS) is 13.4. The number of nitrogens with zero attached hydrogens (tertiary/aromatic N) is 2. The molecule has 1 aromatic carbocycles. The van der Waals surface area contributed by atoms with E-state index in [1.165, 1.54) is 11.3 Å². The molecule has 6 heteroatoms.